The van der Waals surface area contributed by atoms with E-state index in [1.54, 1.807) is 0 Å². The van der Waals surface area contributed by atoms with Gasteiger partial charge in [-0.3, -0.25) is 4.79 Å². The minimum atomic E-state index is 0.185. The Bertz CT molecular complexity index is 958. The summed E-state index contributed by atoms with van der Waals surface area (Å²) in [6.07, 6.45) is 4.36. The lowest BCUT2D eigenvalue weighted by molar-refractivity contribution is -0.132. The van der Waals surface area contributed by atoms with Crippen LogP contribution in [0.5, 0.6) is 0 Å². The Balaban J connectivity index is 1.84. The smallest absolute Gasteiger partial charge is 0.222 e. The van der Waals surface area contributed by atoms with Gasteiger partial charge in [0.2, 0.25) is 5.91 Å². The maximum Gasteiger partial charge on any atom is 0.222 e. The van der Waals surface area contributed by atoms with Gasteiger partial charge >= 0.3 is 0 Å². The Hall–Kier alpha value is -2.70. The zero-order chi connectivity index (χ0) is 18.3. The molecule has 1 fully saturated rings. The lowest BCUT2D eigenvalue weighted by Crippen LogP contribution is -2.39. The Morgan fingerprint density at radius 1 is 1.31 bits per heavy atom. The van der Waals surface area contributed by atoms with Gasteiger partial charge in [0.05, 0.1) is 22.6 Å². The summed E-state index contributed by atoms with van der Waals surface area (Å²) in [6.45, 7) is 7.30. The van der Waals surface area contributed by atoms with Crippen molar-refractivity contribution in [3.8, 4) is 11.3 Å². The highest BCUT2D eigenvalue weighted by atomic mass is 16.5. The molecule has 0 radical (unpaired) electrons. The second-order valence-electron chi connectivity index (χ2n) is 6.98. The van der Waals surface area contributed by atoms with Crippen molar-refractivity contribution < 1.29 is 9.32 Å². The highest BCUT2D eigenvalue weighted by Gasteiger charge is 2.29. The van der Waals surface area contributed by atoms with Gasteiger partial charge in [0.25, 0.3) is 0 Å². The van der Waals surface area contributed by atoms with Crippen LogP contribution in [0.15, 0.2) is 22.9 Å². The van der Waals surface area contributed by atoms with E-state index in [0.717, 1.165) is 47.7 Å². The third kappa shape index (κ3) is 2.87. The first-order valence-electron chi connectivity index (χ1n) is 9.13. The quantitative estimate of drug-likeness (QED) is 0.723. The summed E-state index contributed by atoms with van der Waals surface area (Å²) in [5.41, 5.74) is 4.51. The number of aromatic nitrogens is 4. The largest absolute Gasteiger partial charge is 0.356 e. The molecule has 136 valence electrons. The third-order valence-corrected chi connectivity index (χ3v) is 5.00. The average molecular weight is 353 g/mol. The summed E-state index contributed by atoms with van der Waals surface area (Å²) in [7, 11) is 0. The molecule has 1 aliphatic heterocycles. The van der Waals surface area contributed by atoms with Crippen molar-refractivity contribution >= 4 is 11.6 Å². The summed E-state index contributed by atoms with van der Waals surface area (Å²) >= 11 is 0. The molecule has 7 heteroatoms. The van der Waals surface area contributed by atoms with E-state index in [9.17, 15) is 4.79 Å². The number of carbonyl (C=O) groups is 1. The minimum Gasteiger partial charge on any atom is -0.356 e. The van der Waals surface area contributed by atoms with Gasteiger partial charge in [-0.15, -0.1) is 0 Å². The van der Waals surface area contributed by atoms with Crippen LogP contribution in [0.2, 0.25) is 0 Å². The lowest BCUT2D eigenvalue weighted by Gasteiger charge is -2.33. The Morgan fingerprint density at radius 2 is 2.15 bits per heavy atom. The standard InChI is InChI=1S/C19H23N5O2/c1-4-18(25)23-7-5-6-14(11-23)19-15(16-8-13(3)22-26-16)10-20-17-9-12(2)21-24(17)19/h8-10,14H,4-7,11H2,1-3H3/t14-/m0/s1. The van der Waals surface area contributed by atoms with Crippen LogP contribution >= 0.6 is 0 Å². The fourth-order valence-corrected chi connectivity index (χ4v) is 3.79. The summed E-state index contributed by atoms with van der Waals surface area (Å²) < 4.78 is 7.43. The number of carbonyl (C=O) groups excluding carboxylic acids is 1. The number of hydrogen-bond acceptors (Lipinski definition) is 5. The molecule has 0 unspecified atom stereocenters. The Labute approximate surface area is 152 Å². The van der Waals surface area contributed by atoms with Gasteiger partial charge < -0.3 is 9.42 Å². The van der Waals surface area contributed by atoms with E-state index < -0.39 is 0 Å². The topological polar surface area (TPSA) is 76.5 Å². The molecule has 4 rings (SSSR count). The zero-order valence-corrected chi connectivity index (χ0v) is 15.4. The van der Waals surface area contributed by atoms with E-state index in [2.05, 4.69) is 15.2 Å². The minimum absolute atomic E-state index is 0.185. The van der Waals surface area contributed by atoms with Crippen LogP contribution in [0.25, 0.3) is 17.0 Å². The van der Waals surface area contributed by atoms with Gasteiger partial charge in [-0.05, 0) is 26.7 Å². The predicted octanol–water partition coefficient (Wildman–Crippen LogP) is 3.12. The van der Waals surface area contributed by atoms with Crippen LogP contribution in [-0.4, -0.2) is 43.7 Å². The van der Waals surface area contributed by atoms with Gasteiger partial charge in [-0.25, -0.2) is 9.50 Å². The van der Waals surface area contributed by atoms with Crippen LogP contribution in [0.3, 0.4) is 0 Å². The molecule has 0 aliphatic carbocycles. The molecular formula is C19H23N5O2. The molecule has 7 nitrogen and oxygen atoms in total. The van der Waals surface area contributed by atoms with Crippen LogP contribution in [-0.2, 0) is 4.79 Å². The van der Waals surface area contributed by atoms with Crippen molar-refractivity contribution in [1.82, 2.24) is 24.7 Å². The molecule has 1 saturated heterocycles. The number of hydrogen-bond donors (Lipinski definition) is 0. The van der Waals surface area contributed by atoms with E-state index in [-0.39, 0.29) is 11.8 Å². The average Bonchev–Trinajstić information content (AvgIpc) is 3.24. The first-order valence-corrected chi connectivity index (χ1v) is 9.13. The van der Waals surface area contributed by atoms with Crippen molar-refractivity contribution in [2.24, 2.45) is 0 Å². The molecule has 26 heavy (non-hydrogen) atoms. The van der Waals surface area contributed by atoms with Gasteiger partial charge in [0, 0.05) is 43.8 Å². The molecule has 0 aromatic carbocycles. The van der Waals surface area contributed by atoms with Crippen LogP contribution in [0, 0.1) is 13.8 Å². The van der Waals surface area contributed by atoms with E-state index >= 15 is 0 Å². The highest BCUT2D eigenvalue weighted by Crippen LogP contribution is 2.35. The van der Waals surface area contributed by atoms with Crippen LogP contribution in [0.4, 0.5) is 0 Å². The molecule has 1 atom stereocenters. The van der Waals surface area contributed by atoms with Gasteiger partial charge in [-0.2, -0.15) is 5.10 Å². The van der Waals surface area contributed by atoms with Crippen molar-refractivity contribution in [3.63, 3.8) is 0 Å². The van der Waals surface area contributed by atoms with Crippen molar-refractivity contribution in [1.29, 1.82) is 0 Å². The summed E-state index contributed by atoms with van der Waals surface area (Å²) in [6, 6.07) is 3.89. The molecule has 3 aromatic heterocycles. The molecule has 0 spiro atoms. The number of aryl methyl sites for hydroxylation is 2. The number of piperidine rings is 1. The van der Waals surface area contributed by atoms with Crippen molar-refractivity contribution in [2.45, 2.75) is 46.0 Å². The van der Waals surface area contributed by atoms with Crippen LogP contribution < -0.4 is 0 Å². The van der Waals surface area contributed by atoms with Gasteiger partial charge in [0.1, 0.15) is 0 Å². The number of fused-ring (bicyclic) bond motifs is 1. The first kappa shape index (κ1) is 16.8. The maximum atomic E-state index is 12.2. The Kier molecular flexibility index (Phi) is 4.22. The molecule has 0 bridgehead atoms. The molecule has 0 saturated carbocycles. The highest BCUT2D eigenvalue weighted by molar-refractivity contribution is 5.76. The second kappa shape index (κ2) is 6.55. The molecule has 1 amide bonds. The molecular weight excluding hydrogens is 330 g/mol. The number of rotatable bonds is 3. The predicted molar refractivity (Wildman–Crippen MR) is 96.8 cm³/mol. The van der Waals surface area contributed by atoms with E-state index in [1.807, 2.05) is 48.5 Å². The molecule has 3 aromatic rings. The van der Waals surface area contributed by atoms with Gasteiger partial charge in [-0.1, -0.05) is 12.1 Å². The van der Waals surface area contributed by atoms with Crippen LogP contribution in [0.1, 0.15) is 49.2 Å². The number of amides is 1. The summed E-state index contributed by atoms with van der Waals surface area (Å²) in [5.74, 6) is 1.08. The second-order valence-corrected chi connectivity index (χ2v) is 6.98. The lowest BCUT2D eigenvalue weighted by atomic mass is 9.91. The summed E-state index contributed by atoms with van der Waals surface area (Å²) in [5, 5.41) is 8.68. The van der Waals surface area contributed by atoms with E-state index in [4.69, 9.17) is 4.52 Å². The van der Waals surface area contributed by atoms with E-state index in [0.29, 0.717) is 18.7 Å². The first-order chi connectivity index (χ1) is 12.6. The number of nitrogens with zero attached hydrogens (tertiary/aromatic N) is 5. The Morgan fingerprint density at radius 3 is 2.88 bits per heavy atom. The van der Waals surface area contributed by atoms with Crippen molar-refractivity contribution in [3.05, 3.63) is 35.4 Å². The fourth-order valence-electron chi connectivity index (χ4n) is 3.79. The normalized spacial score (nSPS) is 17.8. The zero-order valence-electron chi connectivity index (χ0n) is 15.4. The monoisotopic (exact) mass is 353 g/mol. The van der Waals surface area contributed by atoms with Gasteiger partial charge in [0.15, 0.2) is 11.4 Å². The molecule has 1 aliphatic rings. The summed E-state index contributed by atoms with van der Waals surface area (Å²) in [4.78, 5) is 18.7. The number of likely N-dealkylation sites (tertiary alicyclic amines) is 1. The maximum absolute atomic E-state index is 12.2. The molecule has 4 heterocycles. The van der Waals surface area contributed by atoms with E-state index in [1.165, 1.54) is 0 Å². The van der Waals surface area contributed by atoms with Crippen molar-refractivity contribution in [2.75, 3.05) is 13.1 Å². The molecule has 0 N–H and O–H groups in total. The SMILES string of the molecule is CCC(=O)N1CCC[C@H](c2c(-c3cc(C)no3)cnc3cc(C)nn23)C1. The fraction of sp³-hybridized carbons (Fsp3) is 0.474. The third-order valence-electron chi connectivity index (χ3n) is 5.00.